The molecule has 2 heteroatoms. The van der Waals surface area contributed by atoms with Crippen molar-refractivity contribution in [1.29, 1.82) is 0 Å². The summed E-state index contributed by atoms with van der Waals surface area (Å²) in [6.07, 6.45) is 1.57. The number of carbonyl (C=O) groups excluding carboxylic acids is 1. The highest BCUT2D eigenvalue weighted by molar-refractivity contribution is 5.75. The van der Waals surface area contributed by atoms with Crippen LogP contribution >= 0.6 is 0 Å². The van der Waals surface area contributed by atoms with Gasteiger partial charge in [0, 0.05) is 18.7 Å². The molecule has 2 nitrogen and oxygen atoms in total. The van der Waals surface area contributed by atoms with E-state index >= 15 is 0 Å². The predicted octanol–water partition coefficient (Wildman–Crippen LogP) is 3.39. The number of hydrogen-bond donors (Lipinski definition) is 1. The Morgan fingerprint density at radius 2 is 1.75 bits per heavy atom. The van der Waals surface area contributed by atoms with Crippen LogP contribution in [0.1, 0.15) is 36.5 Å². The molecule has 0 spiro atoms. The first-order valence-corrected chi connectivity index (χ1v) is 5.82. The van der Waals surface area contributed by atoms with Gasteiger partial charge in [-0.1, -0.05) is 6.07 Å². The minimum absolute atomic E-state index is 0.263. The molecule has 0 aliphatic rings. The second-order valence-electron chi connectivity index (χ2n) is 4.48. The van der Waals surface area contributed by atoms with E-state index in [4.69, 9.17) is 0 Å². The fraction of sp³-hybridized carbons (Fsp3) is 0.500. The van der Waals surface area contributed by atoms with Crippen LogP contribution in [0.3, 0.4) is 0 Å². The lowest BCUT2D eigenvalue weighted by atomic mass is 10.0. The van der Waals surface area contributed by atoms with Crippen LogP contribution < -0.4 is 5.32 Å². The van der Waals surface area contributed by atoms with E-state index in [1.165, 1.54) is 22.4 Å². The monoisotopic (exact) mass is 219 g/mol. The number of carbonyl (C=O) groups is 1. The summed E-state index contributed by atoms with van der Waals surface area (Å²) >= 11 is 0. The zero-order valence-electron chi connectivity index (χ0n) is 10.7. The third kappa shape index (κ3) is 3.69. The van der Waals surface area contributed by atoms with E-state index in [-0.39, 0.29) is 5.78 Å². The van der Waals surface area contributed by atoms with E-state index in [2.05, 4.69) is 38.2 Å². The van der Waals surface area contributed by atoms with Crippen LogP contribution in [-0.2, 0) is 4.79 Å². The van der Waals surface area contributed by atoms with E-state index in [1.54, 1.807) is 6.92 Å². The predicted molar refractivity (Wildman–Crippen MR) is 69.1 cm³/mol. The Labute approximate surface area is 98.1 Å². The van der Waals surface area contributed by atoms with Crippen molar-refractivity contribution >= 4 is 11.5 Å². The molecule has 0 unspecified atom stereocenters. The SMILES string of the molecule is CC(=O)CCCNc1cc(C)c(C)cc1C. The lowest BCUT2D eigenvalue weighted by Crippen LogP contribution is -2.05. The van der Waals surface area contributed by atoms with Crippen LogP contribution in [0.5, 0.6) is 0 Å². The van der Waals surface area contributed by atoms with Crippen molar-refractivity contribution in [1.82, 2.24) is 0 Å². The Balaban J connectivity index is 2.54. The number of benzene rings is 1. The van der Waals surface area contributed by atoms with E-state index in [0.717, 1.165) is 13.0 Å². The lowest BCUT2D eigenvalue weighted by Gasteiger charge is -2.12. The number of aryl methyl sites for hydroxylation is 3. The molecular weight excluding hydrogens is 198 g/mol. The fourth-order valence-electron chi connectivity index (χ4n) is 1.71. The summed E-state index contributed by atoms with van der Waals surface area (Å²) in [6, 6.07) is 4.38. The van der Waals surface area contributed by atoms with Gasteiger partial charge in [0.1, 0.15) is 5.78 Å². The molecule has 0 radical (unpaired) electrons. The Hall–Kier alpha value is -1.31. The van der Waals surface area contributed by atoms with Gasteiger partial charge in [-0.2, -0.15) is 0 Å². The van der Waals surface area contributed by atoms with E-state index in [0.29, 0.717) is 6.42 Å². The quantitative estimate of drug-likeness (QED) is 0.769. The summed E-state index contributed by atoms with van der Waals surface area (Å²) in [4.78, 5) is 10.8. The molecule has 88 valence electrons. The third-order valence-corrected chi connectivity index (χ3v) is 2.86. The molecule has 0 saturated heterocycles. The van der Waals surface area contributed by atoms with Crippen molar-refractivity contribution < 1.29 is 4.79 Å². The van der Waals surface area contributed by atoms with Crippen LogP contribution in [0.4, 0.5) is 5.69 Å². The van der Waals surface area contributed by atoms with Crippen LogP contribution in [0.15, 0.2) is 12.1 Å². The molecule has 1 aromatic carbocycles. The van der Waals surface area contributed by atoms with Crippen molar-refractivity contribution in [2.24, 2.45) is 0 Å². The van der Waals surface area contributed by atoms with Gasteiger partial charge in [-0.05, 0) is 56.9 Å². The van der Waals surface area contributed by atoms with Gasteiger partial charge in [0.15, 0.2) is 0 Å². The number of anilines is 1. The van der Waals surface area contributed by atoms with E-state index in [1.807, 2.05) is 0 Å². The molecule has 1 rings (SSSR count). The molecule has 0 atom stereocenters. The highest BCUT2D eigenvalue weighted by Crippen LogP contribution is 2.19. The molecule has 0 saturated carbocycles. The van der Waals surface area contributed by atoms with Crippen molar-refractivity contribution in [2.75, 3.05) is 11.9 Å². The topological polar surface area (TPSA) is 29.1 Å². The number of hydrogen-bond acceptors (Lipinski definition) is 2. The minimum Gasteiger partial charge on any atom is -0.385 e. The highest BCUT2D eigenvalue weighted by Gasteiger charge is 2.01. The second-order valence-corrected chi connectivity index (χ2v) is 4.48. The van der Waals surface area contributed by atoms with Gasteiger partial charge in [-0.3, -0.25) is 0 Å². The number of ketones is 1. The molecule has 1 aromatic rings. The molecular formula is C14H21NO. The standard InChI is InChI=1S/C14H21NO/c1-10-8-12(3)14(9-11(10)2)15-7-5-6-13(4)16/h8-9,15H,5-7H2,1-4H3. The lowest BCUT2D eigenvalue weighted by molar-refractivity contribution is -0.117. The summed E-state index contributed by atoms with van der Waals surface area (Å²) in [6.45, 7) is 8.86. The fourth-order valence-corrected chi connectivity index (χ4v) is 1.71. The van der Waals surface area contributed by atoms with Crippen molar-refractivity contribution in [2.45, 2.75) is 40.5 Å². The van der Waals surface area contributed by atoms with Crippen LogP contribution in [0.2, 0.25) is 0 Å². The molecule has 0 amide bonds. The highest BCUT2D eigenvalue weighted by atomic mass is 16.1. The molecule has 0 aliphatic heterocycles. The van der Waals surface area contributed by atoms with Crippen molar-refractivity contribution in [3.63, 3.8) is 0 Å². The summed E-state index contributed by atoms with van der Waals surface area (Å²) in [5.74, 6) is 0.263. The average Bonchev–Trinajstić information content (AvgIpc) is 2.19. The van der Waals surface area contributed by atoms with Gasteiger partial charge in [-0.25, -0.2) is 0 Å². The molecule has 16 heavy (non-hydrogen) atoms. The Bertz CT molecular complexity index is 383. The smallest absolute Gasteiger partial charge is 0.129 e. The maximum Gasteiger partial charge on any atom is 0.129 e. The molecule has 0 heterocycles. The molecule has 1 N–H and O–H groups in total. The summed E-state index contributed by atoms with van der Waals surface area (Å²) in [5, 5.41) is 3.38. The van der Waals surface area contributed by atoms with E-state index in [9.17, 15) is 4.79 Å². The maximum atomic E-state index is 10.8. The summed E-state index contributed by atoms with van der Waals surface area (Å²) in [7, 11) is 0. The average molecular weight is 219 g/mol. The van der Waals surface area contributed by atoms with Crippen LogP contribution in [-0.4, -0.2) is 12.3 Å². The maximum absolute atomic E-state index is 10.8. The number of nitrogens with one attached hydrogen (secondary N) is 1. The minimum atomic E-state index is 0.263. The Morgan fingerprint density at radius 3 is 2.38 bits per heavy atom. The normalized spacial score (nSPS) is 10.2. The van der Waals surface area contributed by atoms with Gasteiger partial charge in [0.25, 0.3) is 0 Å². The van der Waals surface area contributed by atoms with Gasteiger partial charge in [0.2, 0.25) is 0 Å². The van der Waals surface area contributed by atoms with Crippen molar-refractivity contribution in [3.05, 3.63) is 28.8 Å². The largest absolute Gasteiger partial charge is 0.385 e. The number of rotatable bonds is 5. The van der Waals surface area contributed by atoms with Crippen LogP contribution in [0.25, 0.3) is 0 Å². The summed E-state index contributed by atoms with van der Waals surface area (Å²) < 4.78 is 0. The third-order valence-electron chi connectivity index (χ3n) is 2.86. The van der Waals surface area contributed by atoms with E-state index < -0.39 is 0 Å². The first-order chi connectivity index (χ1) is 7.50. The zero-order chi connectivity index (χ0) is 12.1. The molecule has 0 aliphatic carbocycles. The number of Topliss-reactive ketones (excluding diaryl/α,β-unsaturated/α-hetero) is 1. The second kappa shape index (κ2) is 5.69. The zero-order valence-corrected chi connectivity index (χ0v) is 10.7. The van der Waals surface area contributed by atoms with Crippen molar-refractivity contribution in [3.8, 4) is 0 Å². The van der Waals surface area contributed by atoms with Gasteiger partial charge < -0.3 is 10.1 Å². The summed E-state index contributed by atoms with van der Waals surface area (Å²) in [5.41, 5.74) is 5.09. The first-order valence-electron chi connectivity index (χ1n) is 5.82. The molecule has 0 aromatic heterocycles. The Morgan fingerprint density at radius 1 is 1.12 bits per heavy atom. The van der Waals surface area contributed by atoms with Crippen LogP contribution in [0, 0.1) is 20.8 Å². The Kier molecular flexibility index (Phi) is 4.53. The van der Waals surface area contributed by atoms with Gasteiger partial charge >= 0.3 is 0 Å². The first kappa shape index (κ1) is 12.8. The molecule has 0 fully saturated rings. The van der Waals surface area contributed by atoms with Gasteiger partial charge in [-0.15, -0.1) is 0 Å². The van der Waals surface area contributed by atoms with Gasteiger partial charge in [0.05, 0.1) is 0 Å². The molecule has 0 bridgehead atoms.